The number of carbonyl (C=O) groups excluding carboxylic acids is 1. The first-order valence-corrected chi connectivity index (χ1v) is 5.04. The number of rotatable bonds is 6. The number of ether oxygens (including phenoxy) is 1. The van der Waals surface area contributed by atoms with Gasteiger partial charge >= 0.3 is 5.97 Å². The van der Waals surface area contributed by atoms with E-state index >= 15 is 0 Å². The lowest BCUT2D eigenvalue weighted by Gasteiger charge is -2.21. The Morgan fingerprint density at radius 3 is 2.23 bits per heavy atom. The molecule has 3 heteroatoms. The Balaban J connectivity index is 3.82. The molecule has 0 fully saturated rings. The van der Waals surface area contributed by atoms with Crippen LogP contribution in [0.4, 0.5) is 0 Å². The van der Waals surface area contributed by atoms with Crippen molar-refractivity contribution in [3.63, 3.8) is 0 Å². The second-order valence-corrected chi connectivity index (χ2v) is 3.14. The molecule has 0 saturated carbocycles. The van der Waals surface area contributed by atoms with E-state index in [0.717, 1.165) is 19.6 Å². The van der Waals surface area contributed by atoms with Gasteiger partial charge in [-0.3, -0.25) is 4.79 Å². The minimum Gasteiger partial charge on any atom is -0.466 e. The Morgan fingerprint density at radius 1 is 1.31 bits per heavy atom. The summed E-state index contributed by atoms with van der Waals surface area (Å²) in [6.07, 6.45) is 0. The SMILES string of the molecule is CCOC(=O)[C@@H](C)CN(CC)CC. The summed E-state index contributed by atoms with van der Waals surface area (Å²) < 4.78 is 4.93. The van der Waals surface area contributed by atoms with Crippen LogP contribution in [0.25, 0.3) is 0 Å². The molecule has 0 aliphatic rings. The molecule has 0 aliphatic heterocycles. The van der Waals surface area contributed by atoms with Crippen molar-refractivity contribution in [2.45, 2.75) is 27.7 Å². The molecular formula is C10H21NO2. The minimum absolute atomic E-state index is 0.0140. The van der Waals surface area contributed by atoms with Crippen LogP contribution in [0.5, 0.6) is 0 Å². The van der Waals surface area contributed by atoms with Gasteiger partial charge in [0, 0.05) is 6.54 Å². The molecular weight excluding hydrogens is 166 g/mol. The van der Waals surface area contributed by atoms with Gasteiger partial charge in [0.05, 0.1) is 12.5 Å². The molecule has 0 aliphatic carbocycles. The van der Waals surface area contributed by atoms with Crippen molar-refractivity contribution in [1.82, 2.24) is 4.90 Å². The van der Waals surface area contributed by atoms with Crippen LogP contribution in [0, 0.1) is 5.92 Å². The van der Waals surface area contributed by atoms with E-state index in [1.807, 2.05) is 13.8 Å². The maximum absolute atomic E-state index is 11.3. The van der Waals surface area contributed by atoms with E-state index in [-0.39, 0.29) is 11.9 Å². The Kier molecular flexibility index (Phi) is 6.59. The second kappa shape index (κ2) is 6.89. The molecule has 0 heterocycles. The summed E-state index contributed by atoms with van der Waals surface area (Å²) in [4.78, 5) is 13.5. The molecule has 1 atom stereocenters. The molecule has 0 spiro atoms. The zero-order chi connectivity index (χ0) is 10.3. The molecule has 0 aromatic heterocycles. The van der Waals surface area contributed by atoms with E-state index in [0.29, 0.717) is 6.61 Å². The highest BCUT2D eigenvalue weighted by atomic mass is 16.5. The lowest BCUT2D eigenvalue weighted by molar-refractivity contribution is -0.148. The van der Waals surface area contributed by atoms with Crippen LogP contribution >= 0.6 is 0 Å². The number of nitrogens with zero attached hydrogens (tertiary/aromatic N) is 1. The molecule has 0 amide bonds. The van der Waals surface area contributed by atoms with Gasteiger partial charge in [-0.25, -0.2) is 0 Å². The quantitative estimate of drug-likeness (QED) is 0.591. The fourth-order valence-electron chi connectivity index (χ4n) is 1.23. The van der Waals surface area contributed by atoms with Crippen LogP contribution in [-0.2, 0) is 9.53 Å². The molecule has 0 N–H and O–H groups in total. The van der Waals surface area contributed by atoms with Gasteiger partial charge in [-0.2, -0.15) is 0 Å². The van der Waals surface area contributed by atoms with Gasteiger partial charge in [-0.1, -0.05) is 20.8 Å². The normalized spacial score (nSPS) is 13.0. The number of carbonyl (C=O) groups is 1. The van der Waals surface area contributed by atoms with E-state index in [1.54, 1.807) is 0 Å². The van der Waals surface area contributed by atoms with Gasteiger partial charge < -0.3 is 9.64 Å². The fraction of sp³-hybridized carbons (Fsp3) is 0.900. The van der Waals surface area contributed by atoms with Gasteiger partial charge in [0.1, 0.15) is 0 Å². The molecule has 0 rings (SSSR count). The van der Waals surface area contributed by atoms with Crippen LogP contribution in [-0.4, -0.2) is 37.1 Å². The smallest absolute Gasteiger partial charge is 0.309 e. The van der Waals surface area contributed by atoms with Gasteiger partial charge in [0.2, 0.25) is 0 Å². The van der Waals surface area contributed by atoms with E-state index < -0.39 is 0 Å². The average Bonchev–Trinajstić information content (AvgIpc) is 2.14. The fourth-order valence-corrected chi connectivity index (χ4v) is 1.23. The lowest BCUT2D eigenvalue weighted by Crippen LogP contribution is -2.32. The van der Waals surface area contributed by atoms with Crippen molar-refractivity contribution in [2.24, 2.45) is 5.92 Å². The van der Waals surface area contributed by atoms with Crippen LogP contribution < -0.4 is 0 Å². The molecule has 0 unspecified atom stereocenters. The number of hydrogen-bond donors (Lipinski definition) is 0. The molecule has 0 radical (unpaired) electrons. The summed E-state index contributed by atoms with van der Waals surface area (Å²) in [6, 6.07) is 0. The summed E-state index contributed by atoms with van der Waals surface area (Å²) in [7, 11) is 0. The standard InChI is InChI=1S/C10H21NO2/c1-5-11(6-2)8-9(4)10(12)13-7-3/h9H,5-8H2,1-4H3/t9-/m0/s1. The lowest BCUT2D eigenvalue weighted by atomic mass is 10.1. The predicted molar refractivity (Wildman–Crippen MR) is 53.6 cm³/mol. The third-order valence-electron chi connectivity index (χ3n) is 2.12. The van der Waals surface area contributed by atoms with Gasteiger partial charge in [0.15, 0.2) is 0 Å². The van der Waals surface area contributed by atoms with Crippen molar-refractivity contribution >= 4 is 5.97 Å². The van der Waals surface area contributed by atoms with Crippen molar-refractivity contribution in [1.29, 1.82) is 0 Å². The highest BCUT2D eigenvalue weighted by Gasteiger charge is 2.15. The van der Waals surface area contributed by atoms with Crippen molar-refractivity contribution in [3.05, 3.63) is 0 Å². The summed E-state index contributed by atoms with van der Waals surface area (Å²) in [5.41, 5.74) is 0. The van der Waals surface area contributed by atoms with E-state index in [1.165, 1.54) is 0 Å². The first-order valence-electron chi connectivity index (χ1n) is 5.04. The van der Waals surface area contributed by atoms with Crippen molar-refractivity contribution in [2.75, 3.05) is 26.2 Å². The van der Waals surface area contributed by atoms with E-state index in [2.05, 4.69) is 18.7 Å². The minimum atomic E-state index is -0.0885. The maximum atomic E-state index is 11.3. The third kappa shape index (κ3) is 4.88. The first-order chi connectivity index (χ1) is 6.15. The van der Waals surface area contributed by atoms with E-state index in [4.69, 9.17) is 4.74 Å². The van der Waals surface area contributed by atoms with Crippen LogP contribution in [0.3, 0.4) is 0 Å². The highest BCUT2D eigenvalue weighted by Crippen LogP contribution is 2.02. The Labute approximate surface area is 81.1 Å². The van der Waals surface area contributed by atoms with Gasteiger partial charge in [-0.05, 0) is 20.0 Å². The van der Waals surface area contributed by atoms with E-state index in [9.17, 15) is 4.79 Å². The topological polar surface area (TPSA) is 29.5 Å². The Hall–Kier alpha value is -0.570. The molecule has 0 saturated heterocycles. The largest absolute Gasteiger partial charge is 0.466 e. The summed E-state index contributed by atoms with van der Waals surface area (Å²) in [5.74, 6) is -0.103. The summed E-state index contributed by atoms with van der Waals surface area (Å²) in [5, 5.41) is 0. The monoisotopic (exact) mass is 187 g/mol. The molecule has 78 valence electrons. The van der Waals surface area contributed by atoms with Crippen LogP contribution in [0.1, 0.15) is 27.7 Å². The van der Waals surface area contributed by atoms with Gasteiger partial charge in [0.25, 0.3) is 0 Å². The number of esters is 1. The third-order valence-corrected chi connectivity index (χ3v) is 2.12. The predicted octanol–water partition coefficient (Wildman–Crippen LogP) is 1.53. The van der Waals surface area contributed by atoms with Gasteiger partial charge in [-0.15, -0.1) is 0 Å². The highest BCUT2D eigenvalue weighted by molar-refractivity contribution is 5.72. The Morgan fingerprint density at radius 2 is 1.85 bits per heavy atom. The van der Waals surface area contributed by atoms with Crippen molar-refractivity contribution < 1.29 is 9.53 Å². The maximum Gasteiger partial charge on any atom is 0.309 e. The molecule has 13 heavy (non-hydrogen) atoms. The zero-order valence-electron chi connectivity index (χ0n) is 9.17. The first kappa shape index (κ1) is 12.4. The van der Waals surface area contributed by atoms with Crippen molar-refractivity contribution in [3.8, 4) is 0 Å². The zero-order valence-corrected chi connectivity index (χ0v) is 9.17. The number of hydrogen-bond acceptors (Lipinski definition) is 3. The Bertz CT molecular complexity index is 144. The van der Waals surface area contributed by atoms with Crippen LogP contribution in [0.2, 0.25) is 0 Å². The van der Waals surface area contributed by atoms with Crippen LogP contribution in [0.15, 0.2) is 0 Å². The molecule has 3 nitrogen and oxygen atoms in total. The molecule has 0 aromatic carbocycles. The second-order valence-electron chi connectivity index (χ2n) is 3.14. The summed E-state index contributed by atoms with van der Waals surface area (Å²) in [6.45, 7) is 11.2. The average molecular weight is 187 g/mol. The summed E-state index contributed by atoms with van der Waals surface area (Å²) >= 11 is 0. The molecule has 0 aromatic rings. The molecule has 0 bridgehead atoms.